The summed E-state index contributed by atoms with van der Waals surface area (Å²) in [6, 6.07) is 0. The number of thiocarbonyl (C=S) groups is 1. The summed E-state index contributed by atoms with van der Waals surface area (Å²) in [6.07, 6.45) is -4.23. The second kappa shape index (κ2) is 5.03. The van der Waals surface area contributed by atoms with Crippen molar-refractivity contribution in [3.8, 4) is 0 Å². The van der Waals surface area contributed by atoms with E-state index in [-0.39, 0.29) is 11.5 Å². The molecule has 0 aromatic heterocycles. The highest BCUT2D eigenvalue weighted by atomic mass is 32.1. The first-order valence-corrected chi connectivity index (χ1v) is 6.11. The highest BCUT2D eigenvalue weighted by Gasteiger charge is 2.52. The smallest absolute Gasteiger partial charge is 0.390 e. The van der Waals surface area contributed by atoms with E-state index in [0.29, 0.717) is 18.8 Å². The minimum absolute atomic E-state index is 0.0875. The lowest BCUT2D eigenvalue weighted by atomic mass is 9.61. The molecule has 1 aliphatic carbocycles. The van der Waals surface area contributed by atoms with Gasteiger partial charge in [-0.3, -0.25) is 4.79 Å². The van der Waals surface area contributed by atoms with E-state index in [1.165, 1.54) is 7.05 Å². The van der Waals surface area contributed by atoms with Gasteiger partial charge < -0.3 is 10.6 Å². The molecule has 0 aliphatic heterocycles. The van der Waals surface area contributed by atoms with Crippen LogP contribution in [0.15, 0.2) is 0 Å². The molecule has 0 atom stereocenters. The summed E-state index contributed by atoms with van der Waals surface area (Å²) in [6.45, 7) is 1.60. The highest BCUT2D eigenvalue weighted by molar-refractivity contribution is 7.80. The Morgan fingerprint density at radius 1 is 1.50 bits per heavy atom. The summed E-state index contributed by atoms with van der Waals surface area (Å²) in [7, 11) is 1.36. The van der Waals surface area contributed by atoms with Crippen molar-refractivity contribution in [2.24, 2.45) is 17.1 Å². The predicted molar refractivity (Wildman–Crippen MR) is 65.9 cm³/mol. The Morgan fingerprint density at radius 2 is 2.00 bits per heavy atom. The van der Waals surface area contributed by atoms with E-state index in [2.05, 4.69) is 0 Å². The van der Waals surface area contributed by atoms with Gasteiger partial charge in [0.1, 0.15) is 0 Å². The van der Waals surface area contributed by atoms with Crippen molar-refractivity contribution in [1.29, 1.82) is 0 Å². The Kier molecular flexibility index (Phi) is 4.25. The predicted octanol–water partition coefficient (Wildman–Crippen LogP) is 2.10. The van der Waals surface area contributed by atoms with Gasteiger partial charge in [-0.05, 0) is 18.8 Å². The van der Waals surface area contributed by atoms with Gasteiger partial charge in [-0.1, -0.05) is 19.1 Å². The Morgan fingerprint density at radius 3 is 2.33 bits per heavy atom. The van der Waals surface area contributed by atoms with Gasteiger partial charge in [0.2, 0.25) is 5.91 Å². The molecule has 3 nitrogen and oxygen atoms in total. The molecule has 1 rings (SSSR count). The normalized spacial score (nSPS) is 27.5. The second-order valence-electron chi connectivity index (χ2n) is 5.05. The van der Waals surface area contributed by atoms with Gasteiger partial charge in [-0.15, -0.1) is 0 Å². The Hall–Kier alpha value is -0.850. The molecule has 1 fully saturated rings. The minimum atomic E-state index is -4.27. The molecule has 0 spiro atoms. The van der Waals surface area contributed by atoms with Crippen LogP contribution in [0.1, 0.15) is 26.2 Å². The van der Waals surface area contributed by atoms with Gasteiger partial charge in [0.25, 0.3) is 0 Å². The average molecular weight is 282 g/mol. The molecule has 0 saturated heterocycles. The number of hydrogen-bond donors (Lipinski definition) is 1. The molecule has 0 bridgehead atoms. The molecule has 1 saturated carbocycles. The molecule has 18 heavy (non-hydrogen) atoms. The van der Waals surface area contributed by atoms with Gasteiger partial charge in [0, 0.05) is 13.6 Å². The van der Waals surface area contributed by atoms with Gasteiger partial charge in [0.15, 0.2) is 0 Å². The second-order valence-corrected chi connectivity index (χ2v) is 5.49. The summed E-state index contributed by atoms with van der Waals surface area (Å²) >= 11 is 4.89. The Balaban J connectivity index is 2.65. The number of halogens is 3. The molecular weight excluding hydrogens is 265 g/mol. The topological polar surface area (TPSA) is 46.3 Å². The zero-order valence-corrected chi connectivity index (χ0v) is 11.2. The van der Waals surface area contributed by atoms with E-state index < -0.39 is 23.9 Å². The van der Waals surface area contributed by atoms with Crippen molar-refractivity contribution in [3.63, 3.8) is 0 Å². The molecule has 104 valence electrons. The molecule has 0 unspecified atom stereocenters. The lowest BCUT2D eigenvalue weighted by Gasteiger charge is -2.46. The Labute approximate surface area is 109 Å². The standard InChI is InChI=1S/C11H17F3N2OS/c1-7-5-10(6-7,8(15)18)9(17)16(2)4-3-11(12,13)14/h7H,3-6H2,1-2H3,(H2,15,18). The third-order valence-corrected chi connectivity index (χ3v) is 3.74. The fraction of sp³-hybridized carbons (Fsp3) is 0.818. The lowest BCUT2D eigenvalue weighted by molar-refractivity contribution is -0.151. The van der Waals surface area contributed by atoms with Gasteiger partial charge >= 0.3 is 6.18 Å². The number of amides is 1. The summed E-state index contributed by atoms with van der Waals surface area (Å²) < 4.78 is 36.3. The minimum Gasteiger partial charge on any atom is -0.392 e. The highest BCUT2D eigenvalue weighted by Crippen LogP contribution is 2.47. The molecule has 0 aromatic carbocycles. The van der Waals surface area contributed by atoms with E-state index in [4.69, 9.17) is 18.0 Å². The van der Waals surface area contributed by atoms with Crippen molar-refractivity contribution in [3.05, 3.63) is 0 Å². The quantitative estimate of drug-likeness (QED) is 0.803. The van der Waals surface area contributed by atoms with E-state index in [0.717, 1.165) is 4.90 Å². The number of carbonyl (C=O) groups excluding carboxylic acids is 1. The van der Waals surface area contributed by atoms with Crippen LogP contribution in [-0.2, 0) is 4.79 Å². The first-order valence-electron chi connectivity index (χ1n) is 5.71. The van der Waals surface area contributed by atoms with Crippen LogP contribution in [0, 0.1) is 11.3 Å². The maximum Gasteiger partial charge on any atom is 0.390 e. The van der Waals surface area contributed by atoms with Gasteiger partial charge in [-0.25, -0.2) is 0 Å². The zero-order chi connectivity index (χ0) is 14.1. The first-order chi connectivity index (χ1) is 8.08. The monoisotopic (exact) mass is 282 g/mol. The summed E-state index contributed by atoms with van der Waals surface area (Å²) in [5, 5.41) is 0. The third-order valence-electron chi connectivity index (χ3n) is 3.35. The number of hydrogen-bond acceptors (Lipinski definition) is 2. The molecule has 7 heteroatoms. The largest absolute Gasteiger partial charge is 0.392 e. The van der Waals surface area contributed by atoms with E-state index >= 15 is 0 Å². The van der Waals surface area contributed by atoms with Crippen LogP contribution < -0.4 is 5.73 Å². The molecule has 0 aromatic rings. The van der Waals surface area contributed by atoms with Crippen LogP contribution in [0.4, 0.5) is 13.2 Å². The van der Waals surface area contributed by atoms with Crippen molar-refractivity contribution in [2.75, 3.05) is 13.6 Å². The lowest BCUT2D eigenvalue weighted by Crippen LogP contribution is -2.56. The summed E-state index contributed by atoms with van der Waals surface area (Å²) in [4.78, 5) is 13.3. The number of nitrogens with zero attached hydrogens (tertiary/aromatic N) is 1. The van der Waals surface area contributed by atoms with Crippen LogP contribution in [0.2, 0.25) is 0 Å². The SMILES string of the molecule is CC1CC(C(=O)N(C)CCC(F)(F)F)(C(N)=S)C1. The molecule has 1 aliphatic rings. The number of alkyl halides is 3. The van der Waals surface area contributed by atoms with Crippen LogP contribution >= 0.6 is 12.2 Å². The van der Waals surface area contributed by atoms with Crippen LogP contribution in [0.3, 0.4) is 0 Å². The molecule has 1 amide bonds. The van der Waals surface area contributed by atoms with E-state index in [9.17, 15) is 18.0 Å². The van der Waals surface area contributed by atoms with Crippen LogP contribution in [-0.4, -0.2) is 35.6 Å². The zero-order valence-electron chi connectivity index (χ0n) is 10.4. The maximum atomic E-state index is 12.1. The first kappa shape index (κ1) is 15.2. The van der Waals surface area contributed by atoms with E-state index in [1.54, 1.807) is 0 Å². The maximum absolute atomic E-state index is 12.1. The number of rotatable bonds is 4. The van der Waals surface area contributed by atoms with Crippen molar-refractivity contribution in [2.45, 2.75) is 32.4 Å². The van der Waals surface area contributed by atoms with Gasteiger partial charge in [-0.2, -0.15) is 13.2 Å². The fourth-order valence-corrected chi connectivity index (χ4v) is 2.63. The molecule has 0 radical (unpaired) electrons. The number of nitrogens with two attached hydrogens (primary N) is 1. The number of carbonyl (C=O) groups is 1. The van der Waals surface area contributed by atoms with Crippen molar-refractivity contribution >= 4 is 23.1 Å². The molecule has 0 heterocycles. The summed E-state index contributed by atoms with van der Waals surface area (Å²) in [5.74, 6) is -0.0659. The fourth-order valence-electron chi connectivity index (χ4n) is 2.37. The van der Waals surface area contributed by atoms with Gasteiger partial charge in [0.05, 0.1) is 16.8 Å². The van der Waals surface area contributed by atoms with Crippen molar-refractivity contribution in [1.82, 2.24) is 4.90 Å². The van der Waals surface area contributed by atoms with Crippen molar-refractivity contribution < 1.29 is 18.0 Å². The van der Waals surface area contributed by atoms with Crippen LogP contribution in [0.25, 0.3) is 0 Å². The molecular formula is C11H17F3N2OS. The van der Waals surface area contributed by atoms with E-state index in [1.807, 2.05) is 6.92 Å². The van der Waals surface area contributed by atoms with Crippen LogP contribution in [0.5, 0.6) is 0 Å². The average Bonchev–Trinajstić information content (AvgIpc) is 2.18. The Bertz CT molecular complexity index is 351. The summed E-state index contributed by atoms with van der Waals surface area (Å²) in [5.41, 5.74) is 4.66. The third kappa shape index (κ3) is 3.13. The molecule has 2 N–H and O–H groups in total.